The first-order chi connectivity index (χ1) is 4.43. The molecule has 6 heteroatoms. The molecule has 1 saturated heterocycles. The van der Waals surface area contributed by atoms with Crippen molar-refractivity contribution in [3.63, 3.8) is 0 Å². The SMILES string of the molecule is C[C@H]1O[C@@H]1C(=O)P(=O)(O)O. The van der Waals surface area contributed by atoms with Crippen molar-refractivity contribution in [2.24, 2.45) is 0 Å². The van der Waals surface area contributed by atoms with Gasteiger partial charge in [0, 0.05) is 0 Å². The minimum Gasteiger partial charge on any atom is -0.361 e. The van der Waals surface area contributed by atoms with E-state index >= 15 is 0 Å². The summed E-state index contributed by atoms with van der Waals surface area (Å²) < 4.78 is 14.8. The van der Waals surface area contributed by atoms with Crippen LogP contribution in [0.4, 0.5) is 0 Å². The summed E-state index contributed by atoms with van der Waals surface area (Å²) in [5, 5.41) is 0. The molecule has 1 aliphatic heterocycles. The van der Waals surface area contributed by atoms with Gasteiger partial charge >= 0.3 is 7.60 Å². The van der Waals surface area contributed by atoms with Gasteiger partial charge in [0.2, 0.25) is 0 Å². The van der Waals surface area contributed by atoms with Gasteiger partial charge in [0.15, 0.2) is 6.10 Å². The summed E-state index contributed by atoms with van der Waals surface area (Å²) in [6.07, 6.45) is -1.21. The molecule has 0 spiro atoms. The van der Waals surface area contributed by atoms with Crippen molar-refractivity contribution < 1.29 is 23.9 Å². The van der Waals surface area contributed by atoms with Crippen LogP contribution in [0, 0.1) is 0 Å². The second kappa shape index (κ2) is 2.13. The lowest BCUT2D eigenvalue weighted by molar-refractivity contribution is -0.114. The fraction of sp³-hybridized carbons (Fsp3) is 0.750. The minimum atomic E-state index is -4.55. The Labute approximate surface area is 57.2 Å². The van der Waals surface area contributed by atoms with Gasteiger partial charge in [-0.15, -0.1) is 0 Å². The lowest BCUT2D eigenvalue weighted by Gasteiger charge is -1.96. The van der Waals surface area contributed by atoms with Crippen LogP contribution in [0.2, 0.25) is 0 Å². The highest BCUT2D eigenvalue weighted by atomic mass is 31.2. The van der Waals surface area contributed by atoms with Crippen molar-refractivity contribution in [2.45, 2.75) is 19.1 Å². The van der Waals surface area contributed by atoms with E-state index in [1.165, 1.54) is 0 Å². The Morgan fingerprint density at radius 3 is 2.10 bits per heavy atom. The third kappa shape index (κ3) is 1.44. The summed E-state index contributed by atoms with van der Waals surface area (Å²) >= 11 is 0. The number of hydrogen-bond donors (Lipinski definition) is 2. The Morgan fingerprint density at radius 2 is 2.00 bits per heavy atom. The molecule has 1 fully saturated rings. The van der Waals surface area contributed by atoms with E-state index in [4.69, 9.17) is 9.79 Å². The van der Waals surface area contributed by atoms with E-state index in [0.29, 0.717) is 0 Å². The molecule has 0 radical (unpaired) electrons. The first-order valence-corrected chi connectivity index (χ1v) is 4.29. The molecule has 2 N–H and O–H groups in total. The Balaban J connectivity index is 2.60. The van der Waals surface area contributed by atoms with Crippen LogP contribution in [0.25, 0.3) is 0 Å². The van der Waals surface area contributed by atoms with Gasteiger partial charge in [0.1, 0.15) is 0 Å². The number of ether oxygens (including phenoxy) is 1. The molecule has 0 unspecified atom stereocenters. The fourth-order valence-corrected chi connectivity index (χ4v) is 1.21. The van der Waals surface area contributed by atoms with Crippen LogP contribution in [0.15, 0.2) is 0 Å². The average molecular weight is 166 g/mol. The zero-order valence-electron chi connectivity index (χ0n) is 5.22. The Morgan fingerprint density at radius 1 is 1.60 bits per heavy atom. The van der Waals surface area contributed by atoms with Crippen molar-refractivity contribution in [3.05, 3.63) is 0 Å². The van der Waals surface area contributed by atoms with Crippen LogP contribution < -0.4 is 0 Å². The van der Waals surface area contributed by atoms with Crippen molar-refractivity contribution in [3.8, 4) is 0 Å². The van der Waals surface area contributed by atoms with Crippen molar-refractivity contribution in [1.82, 2.24) is 0 Å². The summed E-state index contributed by atoms with van der Waals surface area (Å²) in [6, 6.07) is 0. The van der Waals surface area contributed by atoms with Gasteiger partial charge in [-0.05, 0) is 6.92 Å². The normalized spacial score (nSPS) is 31.9. The van der Waals surface area contributed by atoms with E-state index in [9.17, 15) is 9.36 Å². The summed E-state index contributed by atoms with van der Waals surface area (Å²) in [5.74, 6) is 0. The van der Waals surface area contributed by atoms with Crippen LogP contribution >= 0.6 is 7.60 Å². The molecule has 0 saturated carbocycles. The maximum Gasteiger partial charge on any atom is 0.394 e. The van der Waals surface area contributed by atoms with Gasteiger partial charge in [-0.2, -0.15) is 0 Å². The van der Waals surface area contributed by atoms with Crippen molar-refractivity contribution in [1.29, 1.82) is 0 Å². The average Bonchev–Trinajstić information content (AvgIpc) is 2.42. The summed E-state index contributed by atoms with van der Waals surface area (Å²) in [7, 11) is -4.55. The molecular weight excluding hydrogens is 159 g/mol. The third-order valence-electron chi connectivity index (χ3n) is 1.24. The molecule has 58 valence electrons. The van der Waals surface area contributed by atoms with E-state index in [1.807, 2.05) is 0 Å². The number of carbonyl (C=O) groups is 1. The minimum absolute atomic E-state index is 0.333. The predicted molar refractivity (Wildman–Crippen MR) is 31.4 cm³/mol. The number of epoxide rings is 1. The Kier molecular flexibility index (Phi) is 1.68. The summed E-state index contributed by atoms with van der Waals surface area (Å²) in [6.45, 7) is 1.58. The largest absolute Gasteiger partial charge is 0.394 e. The molecule has 0 aromatic rings. The topological polar surface area (TPSA) is 87.1 Å². The second-order valence-electron chi connectivity index (χ2n) is 2.14. The van der Waals surface area contributed by atoms with Crippen LogP contribution in [0.3, 0.4) is 0 Å². The zero-order chi connectivity index (χ0) is 7.94. The second-order valence-corrected chi connectivity index (χ2v) is 3.67. The predicted octanol–water partition coefficient (Wildman–Crippen LogP) is -0.522. The van der Waals surface area contributed by atoms with Gasteiger partial charge in [-0.25, -0.2) is 0 Å². The monoisotopic (exact) mass is 166 g/mol. The molecule has 0 aliphatic carbocycles. The Bertz CT molecular complexity index is 206. The highest BCUT2D eigenvalue weighted by Gasteiger charge is 2.48. The van der Waals surface area contributed by atoms with E-state index in [-0.39, 0.29) is 6.10 Å². The molecule has 0 aromatic carbocycles. The molecule has 1 heterocycles. The van der Waals surface area contributed by atoms with Crippen LogP contribution in [-0.4, -0.2) is 27.5 Å². The van der Waals surface area contributed by atoms with Gasteiger partial charge < -0.3 is 14.5 Å². The van der Waals surface area contributed by atoms with Crippen LogP contribution in [0.5, 0.6) is 0 Å². The molecule has 0 aromatic heterocycles. The molecule has 0 amide bonds. The third-order valence-corrected chi connectivity index (χ3v) is 2.07. The number of carbonyl (C=O) groups excluding carboxylic acids is 1. The lowest BCUT2D eigenvalue weighted by Crippen LogP contribution is -2.08. The lowest BCUT2D eigenvalue weighted by atomic mass is 10.4. The highest BCUT2D eigenvalue weighted by Crippen LogP contribution is 2.42. The molecule has 5 nitrogen and oxygen atoms in total. The van der Waals surface area contributed by atoms with E-state index < -0.39 is 19.2 Å². The molecule has 10 heavy (non-hydrogen) atoms. The van der Waals surface area contributed by atoms with Gasteiger partial charge in [-0.3, -0.25) is 9.36 Å². The maximum absolute atomic E-state index is 10.5. The molecule has 1 aliphatic rings. The fourth-order valence-electron chi connectivity index (χ4n) is 0.611. The van der Waals surface area contributed by atoms with Crippen LogP contribution in [0.1, 0.15) is 6.92 Å². The summed E-state index contributed by atoms with van der Waals surface area (Å²) in [4.78, 5) is 27.1. The number of hydrogen-bond acceptors (Lipinski definition) is 3. The quantitative estimate of drug-likeness (QED) is 0.425. The van der Waals surface area contributed by atoms with Crippen LogP contribution in [-0.2, 0) is 14.1 Å². The first-order valence-electron chi connectivity index (χ1n) is 2.68. The van der Waals surface area contributed by atoms with E-state index in [0.717, 1.165) is 0 Å². The summed E-state index contributed by atoms with van der Waals surface area (Å²) in [5.41, 5.74) is -1.11. The molecule has 2 atom stereocenters. The van der Waals surface area contributed by atoms with Gasteiger partial charge in [0.05, 0.1) is 6.10 Å². The first kappa shape index (κ1) is 7.88. The van der Waals surface area contributed by atoms with Gasteiger partial charge in [0.25, 0.3) is 5.52 Å². The standard InChI is InChI=1S/C4H7O5P/c1-2-3(9-2)4(5)10(6,7)8/h2-3H,1H3,(H2,6,7,8)/t2-,3+/m1/s1. The van der Waals surface area contributed by atoms with Gasteiger partial charge in [-0.1, -0.05) is 0 Å². The van der Waals surface area contributed by atoms with Crippen molar-refractivity contribution >= 4 is 13.1 Å². The smallest absolute Gasteiger partial charge is 0.361 e. The van der Waals surface area contributed by atoms with E-state index in [2.05, 4.69) is 4.74 Å². The molecule has 1 rings (SSSR count). The maximum atomic E-state index is 10.5. The zero-order valence-corrected chi connectivity index (χ0v) is 6.12. The molecule has 0 bridgehead atoms. The molecular formula is C4H7O5P. The Hall–Kier alpha value is -0.220. The van der Waals surface area contributed by atoms with Crippen molar-refractivity contribution in [2.75, 3.05) is 0 Å². The van der Waals surface area contributed by atoms with E-state index in [1.54, 1.807) is 6.92 Å². The number of rotatable bonds is 2. The highest BCUT2D eigenvalue weighted by molar-refractivity contribution is 7.70.